The number of hydrogen-bond donors (Lipinski definition) is 7. The van der Waals surface area contributed by atoms with Crippen LogP contribution in [0, 0.1) is 17.8 Å². The van der Waals surface area contributed by atoms with E-state index < -0.39 is 64.9 Å². The van der Waals surface area contributed by atoms with Crippen LogP contribution in [-0.4, -0.2) is 102 Å². The highest BCUT2D eigenvalue weighted by molar-refractivity contribution is 5.96. The number of nitrogens with one attached hydrogen (secondary N) is 5. The van der Waals surface area contributed by atoms with E-state index in [0.717, 1.165) is 22.3 Å². The van der Waals surface area contributed by atoms with Crippen molar-refractivity contribution in [2.75, 3.05) is 27.2 Å². The minimum absolute atomic E-state index is 0.0196. The fourth-order valence-corrected chi connectivity index (χ4v) is 9.52. The largest absolute Gasteiger partial charge is 0.444 e. The predicted octanol–water partition coefficient (Wildman–Crippen LogP) is 6.37. The fourth-order valence-electron chi connectivity index (χ4n) is 9.52. The Morgan fingerprint density at radius 2 is 1.19 bits per heavy atom. The van der Waals surface area contributed by atoms with Crippen molar-refractivity contribution < 1.29 is 33.5 Å². The van der Waals surface area contributed by atoms with Crippen molar-refractivity contribution in [2.24, 2.45) is 34.2 Å². The van der Waals surface area contributed by atoms with Gasteiger partial charge in [-0.05, 0) is 87.5 Å². The molecule has 412 valence electrons. The van der Waals surface area contributed by atoms with Gasteiger partial charge in [-0.2, -0.15) is 0 Å². The summed E-state index contributed by atoms with van der Waals surface area (Å²) < 4.78 is 7.34. The van der Waals surface area contributed by atoms with Gasteiger partial charge in [0.1, 0.15) is 11.1 Å². The number of hydrogen-bond acceptors (Lipinski definition) is 10. The molecule has 0 aliphatic heterocycles. The van der Waals surface area contributed by atoms with Gasteiger partial charge in [0.15, 0.2) is 17.5 Å². The highest BCUT2D eigenvalue weighted by Gasteiger charge is 2.41. The summed E-state index contributed by atoms with van der Waals surface area (Å²) in [7, 11) is 3.08. The topological polar surface area (TPSA) is 254 Å². The van der Waals surface area contributed by atoms with E-state index in [1.807, 2.05) is 98.8 Å². The van der Waals surface area contributed by atoms with Gasteiger partial charge in [-0.15, -0.1) is 0 Å². The summed E-state index contributed by atoms with van der Waals surface area (Å²) in [6, 6.07) is 36.4. The molecule has 0 saturated heterocycles. The van der Waals surface area contributed by atoms with Gasteiger partial charge in [0.25, 0.3) is 0 Å². The summed E-state index contributed by atoms with van der Waals surface area (Å²) in [5.41, 5.74) is 14.9. The van der Waals surface area contributed by atoms with Crippen LogP contribution in [0.4, 0.5) is 4.79 Å². The Morgan fingerprint density at radius 1 is 0.662 bits per heavy atom. The number of carbonyl (C=O) groups excluding carboxylic acids is 6. The first-order chi connectivity index (χ1) is 36.9. The number of nitrogens with zero attached hydrogens (tertiary/aromatic N) is 3. The molecule has 0 fully saturated rings. The summed E-state index contributed by atoms with van der Waals surface area (Å²) >= 11 is 0. The third-order valence-electron chi connectivity index (χ3n) is 13.6. The van der Waals surface area contributed by atoms with E-state index in [0.29, 0.717) is 38.0 Å². The number of ether oxygens (including phenoxy) is 1. The highest BCUT2D eigenvalue weighted by Crippen LogP contribution is 2.42. The van der Waals surface area contributed by atoms with Gasteiger partial charge in [0.05, 0.1) is 24.5 Å². The van der Waals surface area contributed by atoms with E-state index in [1.165, 1.54) is 7.05 Å². The summed E-state index contributed by atoms with van der Waals surface area (Å²) in [6.07, 6.45) is 4.66. The molecular formula is C60H80N10O7. The van der Waals surface area contributed by atoms with Crippen molar-refractivity contribution >= 4 is 41.3 Å². The van der Waals surface area contributed by atoms with Crippen LogP contribution in [0.2, 0.25) is 0 Å². The Hall–Kier alpha value is -7.66. The molecule has 0 unspecified atom stereocenters. The first-order valence-corrected chi connectivity index (χ1v) is 26.7. The molecule has 0 aliphatic carbocycles. The monoisotopic (exact) mass is 1050 g/mol. The number of aliphatic imine (C=N–C) groups is 1. The van der Waals surface area contributed by atoms with Crippen molar-refractivity contribution in [3.05, 3.63) is 162 Å². The van der Waals surface area contributed by atoms with Gasteiger partial charge < -0.3 is 47.4 Å². The van der Waals surface area contributed by atoms with Crippen LogP contribution in [-0.2, 0) is 47.1 Å². The molecule has 77 heavy (non-hydrogen) atoms. The number of alkyl carbamates (subject to hydrolysis) is 1. The number of imidazole rings is 1. The Bertz CT molecular complexity index is 2600. The molecule has 0 bridgehead atoms. The minimum Gasteiger partial charge on any atom is -0.444 e. The van der Waals surface area contributed by atoms with E-state index in [-0.39, 0.29) is 62.0 Å². The van der Waals surface area contributed by atoms with Crippen molar-refractivity contribution in [3.63, 3.8) is 0 Å². The average molecular weight is 1050 g/mol. The third kappa shape index (κ3) is 17.7. The number of amides is 4. The molecule has 0 spiro atoms. The lowest BCUT2D eigenvalue weighted by Crippen LogP contribution is -2.51. The van der Waals surface area contributed by atoms with E-state index in [4.69, 9.17) is 21.2 Å². The predicted molar refractivity (Wildman–Crippen MR) is 301 cm³/mol. The summed E-state index contributed by atoms with van der Waals surface area (Å²) in [5.74, 6) is -4.03. The van der Waals surface area contributed by atoms with Gasteiger partial charge in [-0.25, -0.2) is 9.78 Å². The Balaban J connectivity index is 1.47. The number of Topliss-reactive ketones (excluding diaryl/α,β-unsaturated/α-hetero) is 2. The zero-order valence-corrected chi connectivity index (χ0v) is 45.8. The van der Waals surface area contributed by atoms with Gasteiger partial charge in [0.2, 0.25) is 17.7 Å². The number of nitrogens with two attached hydrogens (primary N) is 2. The number of ketones is 2. The number of carbonyl (C=O) groups is 6. The fraction of sp³-hybridized carbons (Fsp3) is 0.433. The molecule has 4 aromatic carbocycles. The van der Waals surface area contributed by atoms with E-state index in [1.54, 1.807) is 40.3 Å². The van der Waals surface area contributed by atoms with Crippen LogP contribution in [0.1, 0.15) is 108 Å². The molecule has 4 amide bonds. The SMILES string of the molecule is CN=C(N)NCCC[C@H](NC(=O)[C@@H](N)CCCCNC(=O)OC(C)(C)C)C(=O)C[C@H](C(=O)N[C@@H](Cc1cncn1C(c1ccccc1)(c1ccccc1)c1ccccc1)C(=O)C[C@@H](Cc1ccccc1)C(=O)NC)C(C)C. The number of benzene rings is 4. The maximum atomic E-state index is 15.1. The van der Waals surface area contributed by atoms with Crippen LogP contribution >= 0.6 is 0 Å². The van der Waals surface area contributed by atoms with Crippen molar-refractivity contribution in [2.45, 2.75) is 122 Å². The lowest BCUT2D eigenvalue weighted by molar-refractivity contribution is -0.135. The molecule has 1 aromatic heterocycles. The Kier molecular flexibility index (Phi) is 23.1. The molecule has 5 rings (SSSR count). The second kappa shape index (κ2) is 29.6. The Morgan fingerprint density at radius 3 is 1.73 bits per heavy atom. The van der Waals surface area contributed by atoms with Crippen LogP contribution in [0.25, 0.3) is 0 Å². The smallest absolute Gasteiger partial charge is 0.407 e. The van der Waals surface area contributed by atoms with E-state index in [9.17, 15) is 24.0 Å². The van der Waals surface area contributed by atoms with E-state index in [2.05, 4.69) is 72.5 Å². The summed E-state index contributed by atoms with van der Waals surface area (Å²) in [4.78, 5) is 92.6. The molecule has 1 heterocycles. The summed E-state index contributed by atoms with van der Waals surface area (Å²) in [6.45, 7) is 9.67. The zero-order valence-electron chi connectivity index (χ0n) is 45.8. The quantitative estimate of drug-likeness (QED) is 0.0120. The zero-order chi connectivity index (χ0) is 56.0. The standard InChI is InChI=1S/C60H80N10O7/c1-41(2)48(38-53(72)50(32-22-34-66-57(62)64-7)68-56(75)49(61)31-20-21-33-67-58(76)77-59(3,4)5)55(74)69-51(52(71)36-43(54(73)63-6)35-42-23-12-8-13-24-42)37-47-39-65-40-70(47)60(44-25-14-9-15-26-44,45-27-16-10-17-28-45)46-29-18-11-19-30-46/h8-19,23-30,39-41,43,48-51H,20-22,31-38,61H2,1-7H3,(H,63,73)(H,67,76)(H,68,75)(H,69,74)(H3,62,64,66)/t43-,48+,49+,50+,51+/m1/s1. The number of guanidine groups is 1. The first kappa shape index (κ1) is 60.2. The molecule has 5 atom stereocenters. The van der Waals surface area contributed by atoms with Gasteiger partial charge >= 0.3 is 6.09 Å². The highest BCUT2D eigenvalue weighted by atomic mass is 16.6. The molecule has 0 saturated carbocycles. The molecule has 0 aliphatic rings. The minimum atomic E-state index is -1.18. The number of rotatable bonds is 29. The lowest BCUT2D eigenvalue weighted by atomic mass is 9.76. The van der Waals surface area contributed by atoms with Gasteiger partial charge in [-0.3, -0.25) is 29.0 Å². The maximum Gasteiger partial charge on any atom is 0.407 e. The summed E-state index contributed by atoms with van der Waals surface area (Å²) in [5, 5.41) is 14.4. The maximum absolute atomic E-state index is 15.1. The molecule has 0 radical (unpaired) electrons. The molecule has 17 nitrogen and oxygen atoms in total. The molecule has 5 aromatic rings. The molecule has 17 heteroatoms. The molecular weight excluding hydrogens is 973 g/mol. The second-order valence-electron chi connectivity index (χ2n) is 20.8. The average Bonchev–Trinajstić information content (AvgIpc) is 3.90. The van der Waals surface area contributed by atoms with Crippen molar-refractivity contribution in [1.82, 2.24) is 36.1 Å². The third-order valence-corrected chi connectivity index (χ3v) is 13.6. The number of aromatic nitrogens is 2. The van der Waals surface area contributed by atoms with Crippen LogP contribution in [0.15, 0.2) is 139 Å². The normalized spacial score (nSPS) is 13.8. The number of unbranched alkanes of at least 4 members (excludes halogenated alkanes) is 1. The van der Waals surface area contributed by atoms with Crippen LogP contribution in [0.3, 0.4) is 0 Å². The van der Waals surface area contributed by atoms with E-state index >= 15 is 4.79 Å². The lowest BCUT2D eigenvalue weighted by Gasteiger charge is -2.39. The second-order valence-corrected chi connectivity index (χ2v) is 20.8. The Labute approximate surface area is 454 Å². The van der Waals surface area contributed by atoms with Gasteiger partial charge in [-0.1, -0.05) is 135 Å². The molecule has 9 N–H and O–H groups in total. The van der Waals surface area contributed by atoms with Crippen molar-refractivity contribution in [1.29, 1.82) is 0 Å². The first-order valence-electron chi connectivity index (χ1n) is 26.7. The van der Waals surface area contributed by atoms with Crippen LogP contribution in [0.5, 0.6) is 0 Å². The van der Waals surface area contributed by atoms with Crippen molar-refractivity contribution in [3.8, 4) is 0 Å². The van der Waals surface area contributed by atoms with Crippen LogP contribution < -0.4 is 38.1 Å². The van der Waals surface area contributed by atoms with Gasteiger partial charge in [0, 0.05) is 70.2 Å².